The quantitative estimate of drug-likeness (QED) is 0.479. The van der Waals surface area contributed by atoms with Gasteiger partial charge in [-0.2, -0.15) is 0 Å². The van der Waals surface area contributed by atoms with E-state index in [4.69, 9.17) is 4.74 Å². The number of hydrogen-bond acceptors (Lipinski definition) is 4. The minimum Gasteiger partial charge on any atom is -0.505 e. The number of hydrogen-bond donors (Lipinski definition) is 2. The molecule has 30 heavy (non-hydrogen) atoms. The Labute approximate surface area is 176 Å². The number of nitrogens with one attached hydrogen (secondary N) is 2. The van der Waals surface area contributed by atoms with E-state index in [-0.39, 0.29) is 11.8 Å². The van der Waals surface area contributed by atoms with Crippen molar-refractivity contribution in [2.24, 2.45) is 0 Å². The Balaban J connectivity index is 1.84. The van der Waals surface area contributed by atoms with Gasteiger partial charge in [-0.3, -0.25) is 10.3 Å². The van der Waals surface area contributed by atoms with Gasteiger partial charge in [0, 0.05) is 28.8 Å². The summed E-state index contributed by atoms with van der Waals surface area (Å²) in [5.74, 6) is 1.92. The van der Waals surface area contributed by atoms with Gasteiger partial charge < -0.3 is 9.84 Å². The molecule has 152 valence electrons. The maximum atomic E-state index is 11.1. The number of phenolic OH excluding ortho intramolecular Hbond substituents is 1. The van der Waals surface area contributed by atoms with E-state index in [0.717, 1.165) is 39.2 Å². The third-order valence-corrected chi connectivity index (χ3v) is 5.18. The normalized spacial score (nSPS) is 12.0. The highest BCUT2D eigenvalue weighted by atomic mass is 16.5. The number of aromatic nitrogens is 2. The molecule has 3 N–H and O–H groups in total. The molecule has 4 aromatic rings. The Hall–Kier alpha value is -3.60. The summed E-state index contributed by atoms with van der Waals surface area (Å²) in [5, 5.41) is 15.5. The van der Waals surface area contributed by atoms with Crippen molar-refractivity contribution in [2.45, 2.75) is 26.8 Å². The van der Waals surface area contributed by atoms with Crippen molar-refractivity contribution in [1.29, 1.82) is 0 Å². The van der Waals surface area contributed by atoms with E-state index in [1.807, 2.05) is 75.5 Å². The summed E-state index contributed by atoms with van der Waals surface area (Å²) >= 11 is 0. The standard InChI is InChI=1S/C25H25N3O2/c1-4-30-21-10-8-19(15-17(21)3)23(28-22-14-16(2)11-13-26-22)20-9-7-18-6-5-12-27-24(18)25(20)29/h5-15,23,29H,4H2,1-3H3,(H,26,28)/p+1/t23-/m0/s1. The molecular formula is C25H26N3O2+. The summed E-state index contributed by atoms with van der Waals surface area (Å²) in [4.78, 5) is 7.64. The fourth-order valence-corrected chi connectivity index (χ4v) is 3.71. The molecule has 4 rings (SSSR count). The van der Waals surface area contributed by atoms with Gasteiger partial charge in [0.05, 0.1) is 12.8 Å². The van der Waals surface area contributed by atoms with Crippen LogP contribution in [0.2, 0.25) is 0 Å². The number of ether oxygens (including phenoxy) is 1. The molecule has 0 saturated heterocycles. The van der Waals surface area contributed by atoms with Crippen LogP contribution in [0.25, 0.3) is 10.9 Å². The van der Waals surface area contributed by atoms with Crippen LogP contribution in [0.1, 0.15) is 35.2 Å². The molecule has 1 atom stereocenters. The van der Waals surface area contributed by atoms with Crippen LogP contribution in [-0.2, 0) is 0 Å². The van der Waals surface area contributed by atoms with E-state index in [1.165, 1.54) is 0 Å². The third-order valence-electron chi connectivity index (χ3n) is 5.18. The average molecular weight is 401 g/mol. The van der Waals surface area contributed by atoms with Crippen LogP contribution in [0.5, 0.6) is 11.5 Å². The largest absolute Gasteiger partial charge is 0.505 e. The molecule has 0 aliphatic carbocycles. The SMILES string of the molecule is CCOc1ccc([C@H](Nc2cc(C)cc[nH+]2)c2ccc3cccnc3c2O)cc1C. The maximum absolute atomic E-state index is 11.1. The molecule has 0 saturated carbocycles. The van der Waals surface area contributed by atoms with Crippen molar-refractivity contribution < 1.29 is 14.8 Å². The molecule has 0 aliphatic heterocycles. The molecule has 2 aromatic heterocycles. The van der Waals surface area contributed by atoms with E-state index in [0.29, 0.717) is 12.1 Å². The number of aromatic amines is 1. The van der Waals surface area contributed by atoms with Gasteiger partial charge >= 0.3 is 0 Å². The number of pyridine rings is 2. The second-order valence-corrected chi connectivity index (χ2v) is 7.39. The van der Waals surface area contributed by atoms with Crippen LogP contribution in [0.3, 0.4) is 0 Å². The highest BCUT2D eigenvalue weighted by Gasteiger charge is 2.25. The number of H-pyrrole nitrogens is 1. The second kappa shape index (κ2) is 8.41. The summed E-state index contributed by atoms with van der Waals surface area (Å²) < 4.78 is 5.71. The minimum absolute atomic E-state index is 0.185. The molecule has 0 aliphatic rings. The predicted octanol–water partition coefficient (Wildman–Crippen LogP) is 4.97. The van der Waals surface area contributed by atoms with Crippen LogP contribution in [0.4, 0.5) is 5.82 Å². The number of rotatable bonds is 6. The molecule has 5 heteroatoms. The highest BCUT2D eigenvalue weighted by molar-refractivity contribution is 5.86. The lowest BCUT2D eigenvalue weighted by atomic mass is 9.95. The van der Waals surface area contributed by atoms with Gasteiger partial charge in [-0.25, -0.2) is 4.98 Å². The number of aryl methyl sites for hydroxylation is 2. The maximum Gasteiger partial charge on any atom is 0.273 e. The van der Waals surface area contributed by atoms with E-state index < -0.39 is 0 Å². The predicted molar refractivity (Wildman–Crippen MR) is 119 cm³/mol. The monoisotopic (exact) mass is 400 g/mol. The smallest absolute Gasteiger partial charge is 0.273 e. The average Bonchev–Trinajstić information content (AvgIpc) is 2.75. The first-order chi connectivity index (χ1) is 14.6. The second-order valence-electron chi connectivity index (χ2n) is 7.39. The van der Waals surface area contributed by atoms with Crippen LogP contribution in [0, 0.1) is 13.8 Å². The fourth-order valence-electron chi connectivity index (χ4n) is 3.71. The summed E-state index contributed by atoms with van der Waals surface area (Å²) in [5.41, 5.74) is 4.57. The minimum atomic E-state index is -0.274. The summed E-state index contributed by atoms with van der Waals surface area (Å²) in [6.45, 7) is 6.68. The number of anilines is 1. The highest BCUT2D eigenvalue weighted by Crippen LogP contribution is 2.37. The Kier molecular flexibility index (Phi) is 5.53. The van der Waals surface area contributed by atoms with Gasteiger partial charge in [0.15, 0.2) is 0 Å². The number of fused-ring (bicyclic) bond motifs is 1. The molecule has 0 spiro atoms. The molecule has 0 unspecified atom stereocenters. The van der Waals surface area contributed by atoms with Crippen molar-refractivity contribution in [2.75, 3.05) is 11.9 Å². The molecular weight excluding hydrogens is 374 g/mol. The Bertz CT molecular complexity index is 1190. The molecule has 2 heterocycles. The first-order valence-electron chi connectivity index (χ1n) is 10.1. The van der Waals surface area contributed by atoms with Gasteiger partial charge in [0.25, 0.3) is 5.82 Å². The molecule has 2 aromatic carbocycles. The van der Waals surface area contributed by atoms with Gasteiger partial charge in [-0.05, 0) is 62.2 Å². The molecule has 0 amide bonds. The Morgan fingerprint density at radius 1 is 1.10 bits per heavy atom. The number of benzene rings is 2. The summed E-state index contributed by atoms with van der Waals surface area (Å²) in [7, 11) is 0. The lowest BCUT2D eigenvalue weighted by Crippen LogP contribution is -2.19. The zero-order valence-corrected chi connectivity index (χ0v) is 17.4. The van der Waals surface area contributed by atoms with Gasteiger partial charge in [0.1, 0.15) is 23.1 Å². The van der Waals surface area contributed by atoms with Gasteiger partial charge in [0.2, 0.25) is 0 Å². The van der Waals surface area contributed by atoms with Crippen LogP contribution >= 0.6 is 0 Å². The topological polar surface area (TPSA) is 68.5 Å². The van der Waals surface area contributed by atoms with E-state index in [1.54, 1.807) is 6.20 Å². The number of nitrogens with zero attached hydrogens (tertiary/aromatic N) is 1. The number of phenols is 1. The van der Waals surface area contributed by atoms with Crippen molar-refractivity contribution in [3.8, 4) is 11.5 Å². The van der Waals surface area contributed by atoms with E-state index >= 15 is 0 Å². The Morgan fingerprint density at radius 3 is 2.73 bits per heavy atom. The van der Waals surface area contributed by atoms with Crippen molar-refractivity contribution in [1.82, 2.24) is 4.98 Å². The van der Waals surface area contributed by atoms with Crippen LogP contribution < -0.4 is 15.0 Å². The summed E-state index contributed by atoms with van der Waals surface area (Å²) in [6.07, 6.45) is 3.60. The van der Waals surface area contributed by atoms with Crippen molar-refractivity contribution in [3.05, 3.63) is 89.2 Å². The molecule has 5 nitrogen and oxygen atoms in total. The summed E-state index contributed by atoms with van der Waals surface area (Å²) in [6, 6.07) is 17.7. The van der Waals surface area contributed by atoms with Crippen LogP contribution in [-0.4, -0.2) is 16.7 Å². The fraction of sp³-hybridized carbons (Fsp3) is 0.200. The number of aromatic hydroxyl groups is 1. The lowest BCUT2D eigenvalue weighted by molar-refractivity contribution is -0.361. The van der Waals surface area contributed by atoms with Gasteiger partial charge in [-0.1, -0.05) is 18.2 Å². The van der Waals surface area contributed by atoms with E-state index in [2.05, 4.69) is 21.4 Å². The first kappa shape index (κ1) is 19.7. The van der Waals surface area contributed by atoms with Crippen molar-refractivity contribution >= 4 is 16.7 Å². The van der Waals surface area contributed by atoms with E-state index in [9.17, 15) is 5.11 Å². The Morgan fingerprint density at radius 2 is 1.97 bits per heavy atom. The van der Waals surface area contributed by atoms with Gasteiger partial charge in [-0.15, -0.1) is 0 Å². The molecule has 0 fully saturated rings. The third kappa shape index (κ3) is 3.92. The molecule has 0 radical (unpaired) electrons. The van der Waals surface area contributed by atoms with Crippen LogP contribution in [0.15, 0.2) is 67.0 Å². The zero-order valence-electron chi connectivity index (χ0n) is 17.4. The lowest BCUT2D eigenvalue weighted by Gasteiger charge is -2.19. The first-order valence-corrected chi connectivity index (χ1v) is 10.1. The zero-order chi connectivity index (χ0) is 21.1. The van der Waals surface area contributed by atoms with Crippen molar-refractivity contribution in [3.63, 3.8) is 0 Å². The molecule has 0 bridgehead atoms.